The Hall–Kier alpha value is -4.81. The highest BCUT2D eigenvalue weighted by molar-refractivity contribution is 6.36. The van der Waals surface area contributed by atoms with Crippen LogP contribution in [0.2, 0.25) is 5.02 Å². The summed E-state index contributed by atoms with van der Waals surface area (Å²) in [6.45, 7) is 15.9. The summed E-state index contributed by atoms with van der Waals surface area (Å²) in [4.78, 5) is 4.38. The lowest BCUT2D eigenvalue weighted by atomic mass is 9.86. The molecular formula is C41H41ClN2O4. The van der Waals surface area contributed by atoms with Crippen LogP contribution in [0, 0.1) is 6.92 Å². The summed E-state index contributed by atoms with van der Waals surface area (Å²) < 4.78 is 22.9. The average molecular weight is 661 g/mol. The van der Waals surface area contributed by atoms with E-state index in [4.69, 9.17) is 30.5 Å². The van der Waals surface area contributed by atoms with Crippen LogP contribution in [-0.4, -0.2) is 13.6 Å². The normalized spacial score (nSPS) is 13.5. The number of ether oxygens (including phenoxy) is 4. The number of aryl methyl sites for hydroxylation is 1. The van der Waals surface area contributed by atoms with E-state index in [0.717, 1.165) is 39.7 Å². The van der Waals surface area contributed by atoms with Crippen molar-refractivity contribution < 1.29 is 18.9 Å². The summed E-state index contributed by atoms with van der Waals surface area (Å²) in [7, 11) is 0. The van der Waals surface area contributed by atoms with Gasteiger partial charge in [0.15, 0.2) is 23.0 Å². The fourth-order valence-electron chi connectivity index (χ4n) is 6.18. The molecular weight excluding hydrogens is 620 g/mol. The van der Waals surface area contributed by atoms with Crippen LogP contribution in [0.15, 0.2) is 97.1 Å². The molecule has 7 heteroatoms. The van der Waals surface area contributed by atoms with Crippen LogP contribution in [0.5, 0.6) is 23.0 Å². The number of anilines is 6. The van der Waals surface area contributed by atoms with Crippen molar-refractivity contribution in [3.05, 3.63) is 119 Å². The fraction of sp³-hybridized carbons (Fsp3) is 0.268. The van der Waals surface area contributed by atoms with Crippen LogP contribution in [0.3, 0.4) is 0 Å². The first-order valence-corrected chi connectivity index (χ1v) is 16.7. The molecule has 5 aromatic rings. The molecule has 2 aliphatic rings. The maximum Gasteiger partial charge on any atom is 0.231 e. The van der Waals surface area contributed by atoms with Gasteiger partial charge in [-0.1, -0.05) is 77.4 Å². The van der Waals surface area contributed by atoms with E-state index in [1.807, 2.05) is 36.4 Å². The third kappa shape index (κ3) is 6.01. The Balaban J connectivity index is 1.42. The third-order valence-corrected chi connectivity index (χ3v) is 9.26. The van der Waals surface area contributed by atoms with Gasteiger partial charge in [0, 0.05) is 23.5 Å². The lowest BCUT2D eigenvalue weighted by Crippen LogP contribution is -2.16. The molecule has 0 aliphatic carbocycles. The molecule has 246 valence electrons. The van der Waals surface area contributed by atoms with E-state index < -0.39 is 0 Å². The first kappa shape index (κ1) is 31.8. The van der Waals surface area contributed by atoms with Gasteiger partial charge in [-0.15, -0.1) is 0 Å². The quantitative estimate of drug-likeness (QED) is 0.181. The first-order valence-electron chi connectivity index (χ1n) is 16.3. The summed E-state index contributed by atoms with van der Waals surface area (Å²) in [6, 6.07) is 33.7. The zero-order chi connectivity index (χ0) is 33.8. The summed E-state index contributed by atoms with van der Waals surface area (Å²) in [5.41, 5.74) is 9.09. The molecule has 0 aromatic heterocycles. The van der Waals surface area contributed by atoms with Gasteiger partial charge in [-0.25, -0.2) is 0 Å². The van der Waals surface area contributed by atoms with E-state index in [9.17, 15) is 0 Å². The van der Waals surface area contributed by atoms with E-state index in [2.05, 4.69) is 119 Å². The maximum absolute atomic E-state index is 7.62. The third-order valence-electron chi connectivity index (χ3n) is 8.87. The van der Waals surface area contributed by atoms with Gasteiger partial charge in [0.1, 0.15) is 0 Å². The topological polar surface area (TPSA) is 43.4 Å². The number of fused-ring (bicyclic) bond motifs is 2. The van der Waals surface area contributed by atoms with Crippen LogP contribution in [0.25, 0.3) is 0 Å². The highest BCUT2D eigenvalue weighted by Gasteiger charge is 2.27. The predicted molar refractivity (Wildman–Crippen MR) is 195 cm³/mol. The van der Waals surface area contributed by atoms with Crippen molar-refractivity contribution in [2.45, 2.75) is 59.3 Å². The van der Waals surface area contributed by atoms with Crippen LogP contribution in [0.1, 0.15) is 58.2 Å². The summed E-state index contributed by atoms with van der Waals surface area (Å²) in [6.07, 6.45) is 0. The molecule has 7 rings (SSSR count). The molecule has 48 heavy (non-hydrogen) atoms. The standard InChI is InChI=1S/C41H41ClN2O4/c1-26-20-33(43(29-12-8-27(9-13-29)40(2,3)4)30-14-10-28(11-15-30)41(5,6)7)39(42)34(21-26)44(31-16-18-35-37(22-31)47-24-45-35)32-17-19-36-38(23-32)48-25-46-36/h8-23H,24-25H2,1-7H3. The fourth-order valence-corrected chi connectivity index (χ4v) is 6.46. The maximum atomic E-state index is 7.62. The zero-order valence-electron chi connectivity index (χ0n) is 28.6. The van der Waals surface area contributed by atoms with Crippen LogP contribution in [-0.2, 0) is 10.8 Å². The van der Waals surface area contributed by atoms with Crippen molar-refractivity contribution in [2.24, 2.45) is 0 Å². The predicted octanol–water partition coefficient (Wildman–Crippen LogP) is 11.6. The molecule has 0 N–H and O–H groups in total. The number of benzene rings is 5. The Kier molecular flexibility index (Phi) is 7.95. The van der Waals surface area contributed by atoms with Gasteiger partial charge >= 0.3 is 0 Å². The summed E-state index contributed by atoms with van der Waals surface area (Å²) >= 11 is 7.62. The van der Waals surface area contributed by atoms with Crippen LogP contribution in [0.4, 0.5) is 34.1 Å². The van der Waals surface area contributed by atoms with Gasteiger partial charge in [-0.3, -0.25) is 0 Å². The van der Waals surface area contributed by atoms with Gasteiger partial charge < -0.3 is 28.7 Å². The monoisotopic (exact) mass is 660 g/mol. The number of nitrogens with zero attached hydrogens (tertiary/aromatic N) is 2. The van der Waals surface area contributed by atoms with Gasteiger partial charge in [0.25, 0.3) is 0 Å². The lowest BCUT2D eigenvalue weighted by Gasteiger charge is -2.32. The number of hydrogen-bond donors (Lipinski definition) is 0. The van der Waals surface area contributed by atoms with Crippen molar-refractivity contribution in [2.75, 3.05) is 23.4 Å². The second kappa shape index (κ2) is 12.0. The van der Waals surface area contributed by atoms with Crippen LogP contribution >= 0.6 is 11.6 Å². The molecule has 0 amide bonds. The Labute approximate surface area is 288 Å². The molecule has 0 bridgehead atoms. The highest BCUT2D eigenvalue weighted by Crippen LogP contribution is 2.50. The second-order valence-corrected chi connectivity index (χ2v) is 14.8. The molecule has 2 heterocycles. The van der Waals surface area contributed by atoms with Crippen molar-refractivity contribution >= 4 is 45.7 Å². The van der Waals surface area contributed by atoms with Crippen molar-refractivity contribution in [1.29, 1.82) is 0 Å². The Morgan fingerprint density at radius 1 is 0.479 bits per heavy atom. The molecule has 0 spiro atoms. The van der Waals surface area contributed by atoms with Crippen molar-refractivity contribution in [3.8, 4) is 23.0 Å². The molecule has 6 nitrogen and oxygen atoms in total. The van der Waals surface area contributed by atoms with Crippen molar-refractivity contribution in [1.82, 2.24) is 0 Å². The van der Waals surface area contributed by atoms with Crippen molar-refractivity contribution in [3.63, 3.8) is 0 Å². The smallest absolute Gasteiger partial charge is 0.231 e. The molecule has 0 saturated carbocycles. The van der Waals surface area contributed by atoms with E-state index in [0.29, 0.717) is 28.0 Å². The number of rotatable bonds is 6. The van der Waals surface area contributed by atoms with E-state index in [1.165, 1.54) is 11.1 Å². The van der Waals surface area contributed by atoms with Gasteiger partial charge in [0.2, 0.25) is 13.6 Å². The Bertz CT molecular complexity index is 1860. The number of hydrogen-bond acceptors (Lipinski definition) is 6. The van der Waals surface area contributed by atoms with Gasteiger partial charge in [0.05, 0.1) is 27.8 Å². The SMILES string of the molecule is Cc1cc(N(c2ccc(C(C)(C)C)cc2)c2ccc(C(C)(C)C)cc2)c(Cl)c(N(c2ccc3c(c2)OCO3)c2ccc3c(c2)OCO3)c1. The molecule has 0 atom stereocenters. The highest BCUT2D eigenvalue weighted by atomic mass is 35.5. The lowest BCUT2D eigenvalue weighted by molar-refractivity contribution is 0.173. The Morgan fingerprint density at radius 2 is 0.833 bits per heavy atom. The number of halogens is 1. The summed E-state index contributed by atoms with van der Waals surface area (Å²) in [5, 5.41) is 0.593. The Morgan fingerprint density at radius 3 is 1.23 bits per heavy atom. The van der Waals surface area contributed by atoms with E-state index in [1.54, 1.807) is 0 Å². The average Bonchev–Trinajstić information content (AvgIpc) is 3.72. The van der Waals surface area contributed by atoms with Gasteiger partial charge in [-0.2, -0.15) is 0 Å². The zero-order valence-corrected chi connectivity index (χ0v) is 29.3. The minimum absolute atomic E-state index is 0.0294. The van der Waals surface area contributed by atoms with E-state index in [-0.39, 0.29) is 24.4 Å². The molecule has 0 fully saturated rings. The van der Waals surface area contributed by atoms with Crippen LogP contribution < -0.4 is 28.7 Å². The largest absolute Gasteiger partial charge is 0.454 e. The molecule has 0 unspecified atom stereocenters. The molecule has 0 radical (unpaired) electrons. The second-order valence-electron chi connectivity index (χ2n) is 14.5. The van der Waals surface area contributed by atoms with E-state index >= 15 is 0 Å². The minimum Gasteiger partial charge on any atom is -0.454 e. The van der Waals surface area contributed by atoms with Gasteiger partial charge in [-0.05, 0) is 95.1 Å². The molecule has 0 saturated heterocycles. The molecule has 2 aliphatic heterocycles. The first-order chi connectivity index (χ1) is 22.9. The molecule has 5 aromatic carbocycles. The minimum atomic E-state index is 0.0294. The summed E-state index contributed by atoms with van der Waals surface area (Å²) in [5.74, 6) is 2.79.